The van der Waals surface area contributed by atoms with Crippen LogP contribution in [0.5, 0.6) is 0 Å². The Labute approximate surface area is 112 Å². The van der Waals surface area contributed by atoms with Gasteiger partial charge in [-0.3, -0.25) is 4.98 Å². The topological polar surface area (TPSA) is 38.7 Å². The van der Waals surface area contributed by atoms with E-state index < -0.39 is 0 Å². The lowest BCUT2D eigenvalue weighted by Gasteiger charge is -2.03. The molecule has 92 valence electrons. The van der Waals surface area contributed by atoms with E-state index in [9.17, 15) is 0 Å². The number of hydrogen-bond donors (Lipinski definition) is 0. The van der Waals surface area contributed by atoms with Crippen molar-refractivity contribution in [3.8, 4) is 22.5 Å². The average molecular weight is 247 g/mol. The van der Waals surface area contributed by atoms with Gasteiger partial charge in [-0.2, -0.15) is 10.2 Å². The summed E-state index contributed by atoms with van der Waals surface area (Å²) in [5.74, 6) is 0. The van der Waals surface area contributed by atoms with E-state index in [1.807, 2.05) is 67.7 Å². The van der Waals surface area contributed by atoms with Gasteiger partial charge in [-0.15, -0.1) is 0 Å². The van der Waals surface area contributed by atoms with Gasteiger partial charge in [-0.1, -0.05) is 30.3 Å². The van der Waals surface area contributed by atoms with Gasteiger partial charge in [0.05, 0.1) is 17.1 Å². The van der Waals surface area contributed by atoms with Gasteiger partial charge < -0.3 is 0 Å². The van der Waals surface area contributed by atoms with Crippen LogP contribution in [0.25, 0.3) is 22.5 Å². The van der Waals surface area contributed by atoms with Crippen molar-refractivity contribution in [3.63, 3.8) is 0 Å². The Balaban J connectivity index is 1.93. The molecule has 0 aliphatic heterocycles. The molecule has 3 aromatic rings. The number of rotatable bonds is 2. The van der Waals surface area contributed by atoms with Crippen molar-refractivity contribution in [1.29, 1.82) is 0 Å². The summed E-state index contributed by atoms with van der Waals surface area (Å²) < 4.78 is 0. The molecular weight excluding hydrogens is 234 g/mol. The van der Waals surface area contributed by atoms with Crippen LogP contribution in [-0.2, 0) is 0 Å². The molecule has 0 aliphatic rings. The molecule has 0 saturated heterocycles. The minimum Gasteiger partial charge on any atom is -0.256 e. The molecule has 3 nitrogen and oxygen atoms in total. The first kappa shape index (κ1) is 11.5. The average Bonchev–Trinajstić information content (AvgIpc) is 2.49. The van der Waals surface area contributed by atoms with Crippen molar-refractivity contribution >= 4 is 0 Å². The van der Waals surface area contributed by atoms with Gasteiger partial charge in [-0.05, 0) is 31.2 Å². The van der Waals surface area contributed by atoms with Gasteiger partial charge in [-0.25, -0.2) is 0 Å². The van der Waals surface area contributed by atoms with E-state index in [0.29, 0.717) is 0 Å². The standard InChI is InChI=1S/C16H13N3/c1-12-7-9-16(19-18-12)14-8-10-15(17-11-14)13-5-3-2-4-6-13/h2-11H,1H3. The van der Waals surface area contributed by atoms with E-state index in [2.05, 4.69) is 15.2 Å². The summed E-state index contributed by atoms with van der Waals surface area (Å²) >= 11 is 0. The molecule has 0 fully saturated rings. The minimum absolute atomic E-state index is 0.845. The highest BCUT2D eigenvalue weighted by atomic mass is 15.1. The largest absolute Gasteiger partial charge is 0.256 e. The monoisotopic (exact) mass is 247 g/mol. The third-order valence-corrected chi connectivity index (χ3v) is 2.93. The second-order valence-electron chi connectivity index (χ2n) is 4.36. The zero-order valence-electron chi connectivity index (χ0n) is 10.6. The molecule has 0 amide bonds. The molecule has 3 heteroatoms. The van der Waals surface area contributed by atoms with Crippen molar-refractivity contribution in [1.82, 2.24) is 15.2 Å². The summed E-state index contributed by atoms with van der Waals surface area (Å²) in [5, 5.41) is 8.22. The third kappa shape index (κ3) is 2.50. The van der Waals surface area contributed by atoms with Crippen LogP contribution in [0.1, 0.15) is 5.69 Å². The molecule has 2 aromatic heterocycles. The van der Waals surface area contributed by atoms with E-state index in [1.165, 1.54) is 0 Å². The summed E-state index contributed by atoms with van der Waals surface area (Å²) in [6.07, 6.45) is 1.84. The molecule has 0 aliphatic carbocycles. The van der Waals surface area contributed by atoms with Crippen LogP contribution in [0.3, 0.4) is 0 Å². The lowest BCUT2D eigenvalue weighted by atomic mass is 10.1. The molecule has 0 radical (unpaired) electrons. The maximum absolute atomic E-state index is 4.48. The van der Waals surface area contributed by atoms with Crippen molar-refractivity contribution < 1.29 is 0 Å². The van der Waals surface area contributed by atoms with Crippen LogP contribution in [0.4, 0.5) is 0 Å². The Hall–Kier alpha value is -2.55. The third-order valence-electron chi connectivity index (χ3n) is 2.93. The number of benzene rings is 1. The molecule has 2 heterocycles. The van der Waals surface area contributed by atoms with Crippen LogP contribution < -0.4 is 0 Å². The van der Waals surface area contributed by atoms with Crippen molar-refractivity contribution in [2.24, 2.45) is 0 Å². The molecule has 0 spiro atoms. The van der Waals surface area contributed by atoms with Gasteiger partial charge in [0.15, 0.2) is 0 Å². The SMILES string of the molecule is Cc1ccc(-c2ccc(-c3ccccc3)nc2)nn1. The summed E-state index contributed by atoms with van der Waals surface area (Å²) in [6, 6.07) is 18.1. The molecule has 1 aromatic carbocycles. The summed E-state index contributed by atoms with van der Waals surface area (Å²) in [7, 11) is 0. The number of aromatic nitrogens is 3. The Morgan fingerprint density at radius 1 is 0.684 bits per heavy atom. The lowest BCUT2D eigenvalue weighted by molar-refractivity contribution is 0.986. The van der Waals surface area contributed by atoms with E-state index >= 15 is 0 Å². The Kier molecular flexibility index (Phi) is 3.02. The maximum atomic E-state index is 4.48. The molecule has 0 atom stereocenters. The van der Waals surface area contributed by atoms with Gasteiger partial charge in [0, 0.05) is 17.3 Å². The van der Waals surface area contributed by atoms with Crippen molar-refractivity contribution in [2.45, 2.75) is 6.92 Å². The first-order valence-electron chi connectivity index (χ1n) is 6.15. The van der Waals surface area contributed by atoms with Gasteiger partial charge in [0.2, 0.25) is 0 Å². The Morgan fingerprint density at radius 2 is 1.47 bits per heavy atom. The van der Waals surface area contributed by atoms with E-state index in [1.54, 1.807) is 0 Å². The van der Waals surface area contributed by atoms with Crippen LogP contribution in [0, 0.1) is 6.92 Å². The van der Waals surface area contributed by atoms with Gasteiger partial charge in [0.1, 0.15) is 0 Å². The summed E-state index contributed by atoms with van der Waals surface area (Å²) in [4.78, 5) is 4.48. The Morgan fingerprint density at radius 3 is 2.11 bits per heavy atom. The molecule has 0 N–H and O–H groups in total. The van der Waals surface area contributed by atoms with E-state index in [0.717, 1.165) is 28.2 Å². The molecule has 0 saturated carbocycles. The zero-order valence-corrected chi connectivity index (χ0v) is 10.6. The number of nitrogens with zero attached hydrogens (tertiary/aromatic N) is 3. The van der Waals surface area contributed by atoms with Crippen LogP contribution in [0.2, 0.25) is 0 Å². The summed E-state index contributed by atoms with van der Waals surface area (Å²) in [6.45, 7) is 1.92. The number of pyridine rings is 1. The van der Waals surface area contributed by atoms with Gasteiger partial charge in [0.25, 0.3) is 0 Å². The number of aryl methyl sites for hydroxylation is 1. The molecular formula is C16H13N3. The molecule has 19 heavy (non-hydrogen) atoms. The molecule has 3 rings (SSSR count). The predicted molar refractivity (Wildman–Crippen MR) is 75.4 cm³/mol. The van der Waals surface area contributed by atoms with Crippen LogP contribution in [0.15, 0.2) is 60.8 Å². The highest BCUT2D eigenvalue weighted by Crippen LogP contribution is 2.20. The molecule has 0 bridgehead atoms. The Bertz CT molecular complexity index is 659. The maximum Gasteiger partial charge on any atom is 0.0945 e. The minimum atomic E-state index is 0.845. The fourth-order valence-electron chi connectivity index (χ4n) is 1.88. The first-order valence-corrected chi connectivity index (χ1v) is 6.15. The van der Waals surface area contributed by atoms with Crippen molar-refractivity contribution in [2.75, 3.05) is 0 Å². The van der Waals surface area contributed by atoms with Crippen molar-refractivity contribution in [3.05, 3.63) is 66.5 Å². The second-order valence-corrected chi connectivity index (χ2v) is 4.36. The second kappa shape index (κ2) is 4.98. The van der Waals surface area contributed by atoms with Crippen LogP contribution in [-0.4, -0.2) is 15.2 Å². The fourth-order valence-corrected chi connectivity index (χ4v) is 1.88. The van der Waals surface area contributed by atoms with Crippen LogP contribution >= 0.6 is 0 Å². The predicted octanol–water partition coefficient (Wildman–Crippen LogP) is 3.51. The smallest absolute Gasteiger partial charge is 0.0945 e. The first-order chi connectivity index (χ1) is 9.33. The van der Waals surface area contributed by atoms with E-state index in [4.69, 9.17) is 0 Å². The zero-order chi connectivity index (χ0) is 13.1. The normalized spacial score (nSPS) is 10.4. The highest BCUT2D eigenvalue weighted by Gasteiger charge is 2.02. The van der Waals surface area contributed by atoms with E-state index in [-0.39, 0.29) is 0 Å². The highest BCUT2D eigenvalue weighted by molar-refractivity contribution is 5.64. The fraction of sp³-hybridized carbons (Fsp3) is 0.0625. The summed E-state index contributed by atoms with van der Waals surface area (Å²) in [5.41, 5.74) is 4.82. The van der Waals surface area contributed by atoms with Gasteiger partial charge >= 0.3 is 0 Å². The lowest BCUT2D eigenvalue weighted by Crippen LogP contribution is -1.91. The number of hydrogen-bond acceptors (Lipinski definition) is 3. The molecule has 0 unspecified atom stereocenters. The quantitative estimate of drug-likeness (QED) is 0.695.